The monoisotopic (exact) mass is 257 g/mol. The van der Waals surface area contributed by atoms with E-state index in [1.165, 1.54) is 0 Å². The molecule has 0 bridgehead atoms. The lowest BCUT2D eigenvalue weighted by Crippen LogP contribution is -2.15. The molecule has 0 saturated carbocycles. The summed E-state index contributed by atoms with van der Waals surface area (Å²) in [5.74, 6) is 2.40. The lowest BCUT2D eigenvalue weighted by Gasteiger charge is -2.19. The van der Waals surface area contributed by atoms with Gasteiger partial charge in [0.15, 0.2) is 11.5 Å². The average molecular weight is 257 g/mol. The molecule has 5 heteroatoms. The summed E-state index contributed by atoms with van der Waals surface area (Å²) >= 11 is 0. The fourth-order valence-electron chi connectivity index (χ4n) is 1.90. The molecule has 0 saturated heterocycles. The molecule has 0 amide bonds. The fourth-order valence-corrected chi connectivity index (χ4v) is 1.90. The summed E-state index contributed by atoms with van der Waals surface area (Å²) in [6, 6.07) is 9.60. The molecular weight excluding hydrogens is 242 g/mol. The van der Waals surface area contributed by atoms with Gasteiger partial charge >= 0.3 is 0 Å². The van der Waals surface area contributed by atoms with Crippen LogP contribution in [0.2, 0.25) is 0 Å². The van der Waals surface area contributed by atoms with Crippen LogP contribution in [0.3, 0.4) is 0 Å². The number of hydrogen-bond acceptors (Lipinski definition) is 5. The van der Waals surface area contributed by atoms with Gasteiger partial charge in [0, 0.05) is 6.54 Å². The van der Waals surface area contributed by atoms with Gasteiger partial charge < -0.3 is 20.5 Å². The van der Waals surface area contributed by atoms with Crippen molar-refractivity contribution in [1.82, 2.24) is 4.98 Å². The number of nitrogens with one attached hydrogen (secondary N) is 1. The maximum absolute atomic E-state index is 5.59. The Balaban J connectivity index is 1.68. The second-order valence-corrected chi connectivity index (χ2v) is 4.31. The summed E-state index contributed by atoms with van der Waals surface area (Å²) in [6.45, 7) is 1.89. The predicted molar refractivity (Wildman–Crippen MR) is 73.4 cm³/mol. The van der Waals surface area contributed by atoms with Crippen LogP contribution in [0.15, 0.2) is 36.5 Å². The third kappa shape index (κ3) is 2.70. The van der Waals surface area contributed by atoms with Crippen molar-refractivity contribution in [3.05, 3.63) is 42.1 Å². The first-order chi connectivity index (χ1) is 9.31. The summed E-state index contributed by atoms with van der Waals surface area (Å²) < 4.78 is 11.0. The van der Waals surface area contributed by atoms with Crippen molar-refractivity contribution in [2.75, 3.05) is 24.3 Å². The van der Waals surface area contributed by atoms with Crippen molar-refractivity contribution in [3.8, 4) is 11.5 Å². The van der Waals surface area contributed by atoms with Gasteiger partial charge in [-0.25, -0.2) is 4.98 Å². The molecule has 3 N–H and O–H groups in total. The van der Waals surface area contributed by atoms with E-state index in [0.29, 0.717) is 25.4 Å². The highest BCUT2D eigenvalue weighted by Gasteiger charge is 2.11. The summed E-state index contributed by atoms with van der Waals surface area (Å²) in [5, 5.41) is 3.23. The number of benzene rings is 1. The van der Waals surface area contributed by atoms with Gasteiger partial charge in [-0.15, -0.1) is 0 Å². The van der Waals surface area contributed by atoms with Crippen LogP contribution < -0.4 is 20.5 Å². The van der Waals surface area contributed by atoms with Crippen LogP contribution >= 0.6 is 0 Å². The Kier molecular flexibility index (Phi) is 3.10. The molecule has 0 spiro atoms. The highest BCUT2D eigenvalue weighted by atomic mass is 16.6. The first-order valence-corrected chi connectivity index (χ1v) is 6.15. The van der Waals surface area contributed by atoms with E-state index in [2.05, 4.69) is 10.3 Å². The zero-order chi connectivity index (χ0) is 13.1. The Morgan fingerprint density at radius 3 is 2.74 bits per heavy atom. The molecule has 0 fully saturated rings. The Hall–Kier alpha value is -2.43. The number of fused-ring (bicyclic) bond motifs is 1. The van der Waals surface area contributed by atoms with Gasteiger partial charge in [0.05, 0.1) is 11.9 Å². The van der Waals surface area contributed by atoms with Crippen molar-refractivity contribution < 1.29 is 9.47 Å². The first-order valence-electron chi connectivity index (χ1n) is 6.15. The molecule has 19 heavy (non-hydrogen) atoms. The number of nitrogens with two attached hydrogens (primary N) is 1. The Morgan fingerprint density at radius 2 is 1.95 bits per heavy atom. The molecule has 2 heterocycles. The van der Waals surface area contributed by atoms with E-state index in [4.69, 9.17) is 15.2 Å². The molecule has 3 rings (SSSR count). The minimum atomic E-state index is 0.601. The molecule has 0 aliphatic carbocycles. The molecule has 1 aromatic heterocycles. The largest absolute Gasteiger partial charge is 0.486 e. The van der Waals surface area contributed by atoms with Crippen molar-refractivity contribution >= 4 is 11.5 Å². The number of ether oxygens (including phenoxy) is 2. The van der Waals surface area contributed by atoms with Crippen LogP contribution in [-0.4, -0.2) is 18.2 Å². The fraction of sp³-hybridized carbons (Fsp3) is 0.214. The van der Waals surface area contributed by atoms with Gasteiger partial charge in [-0.3, -0.25) is 0 Å². The van der Waals surface area contributed by atoms with E-state index in [-0.39, 0.29) is 0 Å². The highest BCUT2D eigenvalue weighted by Crippen LogP contribution is 2.30. The maximum Gasteiger partial charge on any atom is 0.161 e. The number of rotatable bonds is 3. The predicted octanol–water partition coefficient (Wildman–Crippen LogP) is 2.05. The summed E-state index contributed by atoms with van der Waals surface area (Å²) in [5.41, 5.74) is 7.36. The topological polar surface area (TPSA) is 69.4 Å². The Labute approximate surface area is 111 Å². The van der Waals surface area contributed by atoms with E-state index in [0.717, 1.165) is 22.9 Å². The normalized spacial score (nSPS) is 13.1. The van der Waals surface area contributed by atoms with Crippen molar-refractivity contribution in [2.24, 2.45) is 0 Å². The van der Waals surface area contributed by atoms with Crippen LogP contribution in [-0.2, 0) is 6.54 Å². The third-order valence-corrected chi connectivity index (χ3v) is 2.87. The minimum absolute atomic E-state index is 0.601. The van der Waals surface area contributed by atoms with Gasteiger partial charge in [-0.1, -0.05) is 6.07 Å². The Bertz CT molecular complexity index is 569. The molecule has 98 valence electrons. The SMILES string of the molecule is Nc1ccc(NCc2ccc3c(c2)OCCO3)nc1. The molecular formula is C14H15N3O2. The molecule has 0 radical (unpaired) electrons. The first kappa shape index (κ1) is 11.6. The van der Waals surface area contributed by atoms with Crippen LogP contribution in [0.1, 0.15) is 5.56 Å². The van der Waals surface area contributed by atoms with E-state index in [1.54, 1.807) is 6.20 Å². The van der Waals surface area contributed by atoms with Crippen molar-refractivity contribution in [1.29, 1.82) is 0 Å². The lowest BCUT2D eigenvalue weighted by molar-refractivity contribution is 0.171. The number of aromatic nitrogens is 1. The smallest absolute Gasteiger partial charge is 0.161 e. The Morgan fingerprint density at radius 1 is 1.11 bits per heavy atom. The molecule has 1 aliphatic heterocycles. The second kappa shape index (κ2) is 5.06. The summed E-state index contributed by atoms with van der Waals surface area (Å²) in [4.78, 5) is 4.19. The number of nitrogen functional groups attached to an aromatic ring is 1. The molecule has 1 aliphatic rings. The lowest BCUT2D eigenvalue weighted by atomic mass is 10.2. The number of anilines is 2. The van der Waals surface area contributed by atoms with Gasteiger partial charge in [0.1, 0.15) is 19.0 Å². The van der Waals surface area contributed by atoms with Crippen LogP contribution in [0.5, 0.6) is 11.5 Å². The van der Waals surface area contributed by atoms with Gasteiger partial charge in [-0.05, 0) is 29.8 Å². The zero-order valence-electron chi connectivity index (χ0n) is 10.4. The van der Waals surface area contributed by atoms with E-state index in [9.17, 15) is 0 Å². The molecule has 0 atom stereocenters. The molecule has 1 aromatic carbocycles. The molecule has 0 unspecified atom stereocenters. The summed E-state index contributed by atoms with van der Waals surface area (Å²) in [6.07, 6.45) is 1.63. The minimum Gasteiger partial charge on any atom is -0.486 e. The highest BCUT2D eigenvalue weighted by molar-refractivity contribution is 5.46. The van der Waals surface area contributed by atoms with E-state index in [1.807, 2.05) is 30.3 Å². The zero-order valence-corrected chi connectivity index (χ0v) is 10.4. The maximum atomic E-state index is 5.59. The van der Waals surface area contributed by atoms with Crippen LogP contribution in [0.4, 0.5) is 11.5 Å². The van der Waals surface area contributed by atoms with Gasteiger partial charge in [0.2, 0.25) is 0 Å². The second-order valence-electron chi connectivity index (χ2n) is 4.31. The van der Waals surface area contributed by atoms with E-state index < -0.39 is 0 Å². The number of nitrogens with zero attached hydrogens (tertiary/aromatic N) is 1. The van der Waals surface area contributed by atoms with Gasteiger partial charge in [-0.2, -0.15) is 0 Å². The van der Waals surface area contributed by atoms with Crippen LogP contribution in [0, 0.1) is 0 Å². The number of pyridine rings is 1. The number of hydrogen-bond donors (Lipinski definition) is 2. The third-order valence-electron chi connectivity index (χ3n) is 2.87. The quantitative estimate of drug-likeness (QED) is 0.880. The van der Waals surface area contributed by atoms with Crippen molar-refractivity contribution in [3.63, 3.8) is 0 Å². The van der Waals surface area contributed by atoms with Crippen molar-refractivity contribution in [2.45, 2.75) is 6.54 Å². The molecule has 2 aromatic rings. The van der Waals surface area contributed by atoms with Crippen LogP contribution in [0.25, 0.3) is 0 Å². The summed E-state index contributed by atoms with van der Waals surface area (Å²) in [7, 11) is 0. The molecule has 5 nitrogen and oxygen atoms in total. The van der Waals surface area contributed by atoms with Gasteiger partial charge in [0.25, 0.3) is 0 Å². The average Bonchev–Trinajstić information content (AvgIpc) is 2.46. The van der Waals surface area contributed by atoms with E-state index >= 15 is 0 Å². The standard InChI is InChI=1S/C14H15N3O2/c15-11-2-4-14(17-9-11)16-8-10-1-3-12-13(7-10)19-6-5-18-12/h1-4,7,9H,5-6,8,15H2,(H,16,17).